The number of aromatic nitrogens is 2. The quantitative estimate of drug-likeness (QED) is 0.882. The molecule has 1 N–H and O–H groups in total. The van der Waals surface area contributed by atoms with Crippen molar-refractivity contribution >= 4 is 11.8 Å². The lowest BCUT2D eigenvalue weighted by atomic mass is 9.78. The second-order valence-corrected chi connectivity index (χ2v) is 5.96. The van der Waals surface area contributed by atoms with Crippen LogP contribution in [0.5, 0.6) is 0 Å². The van der Waals surface area contributed by atoms with Gasteiger partial charge in [0.05, 0.1) is 12.2 Å². The second kappa shape index (κ2) is 5.42. The number of hydrogen-bond donors (Lipinski definition) is 1. The topological polar surface area (TPSA) is 75.2 Å². The molecule has 3 rings (SSSR count). The van der Waals surface area contributed by atoms with Gasteiger partial charge in [0, 0.05) is 6.20 Å². The van der Waals surface area contributed by atoms with Crippen molar-refractivity contribution in [3.63, 3.8) is 0 Å². The smallest absolute Gasteiger partial charge is 0.249 e. The summed E-state index contributed by atoms with van der Waals surface area (Å²) in [7, 11) is 0. The standard InChI is InChI=1S/C15H20N4O2/c1-11-13(20)17-15(7-3-2-4-8-15)14(21)19(11)10-12-6-5-9-16-18-12/h5-6,9,11H,2-4,7-8,10H2,1H3,(H,17,20). The zero-order valence-corrected chi connectivity index (χ0v) is 12.2. The largest absolute Gasteiger partial charge is 0.340 e. The Morgan fingerprint density at radius 1 is 1.33 bits per heavy atom. The van der Waals surface area contributed by atoms with Gasteiger partial charge in [-0.3, -0.25) is 9.59 Å². The lowest BCUT2D eigenvalue weighted by molar-refractivity contribution is -0.156. The molecule has 1 saturated heterocycles. The average molecular weight is 288 g/mol. The zero-order chi connectivity index (χ0) is 14.9. The molecular weight excluding hydrogens is 268 g/mol. The Kier molecular flexibility index (Phi) is 3.61. The van der Waals surface area contributed by atoms with E-state index < -0.39 is 11.6 Å². The molecule has 21 heavy (non-hydrogen) atoms. The molecule has 6 heteroatoms. The monoisotopic (exact) mass is 288 g/mol. The van der Waals surface area contributed by atoms with Crippen LogP contribution in [0.4, 0.5) is 0 Å². The highest BCUT2D eigenvalue weighted by molar-refractivity contribution is 5.99. The van der Waals surface area contributed by atoms with Crippen LogP contribution in [0.2, 0.25) is 0 Å². The van der Waals surface area contributed by atoms with Crippen molar-refractivity contribution in [3.05, 3.63) is 24.0 Å². The van der Waals surface area contributed by atoms with E-state index in [1.165, 1.54) is 0 Å². The number of carbonyl (C=O) groups excluding carboxylic acids is 2. The van der Waals surface area contributed by atoms with E-state index in [0.29, 0.717) is 12.2 Å². The van der Waals surface area contributed by atoms with E-state index >= 15 is 0 Å². The van der Waals surface area contributed by atoms with Crippen LogP contribution in [0.25, 0.3) is 0 Å². The summed E-state index contributed by atoms with van der Waals surface area (Å²) in [6.07, 6.45) is 6.17. The summed E-state index contributed by atoms with van der Waals surface area (Å²) in [5.74, 6) is -0.0413. The molecule has 1 aromatic rings. The van der Waals surface area contributed by atoms with Gasteiger partial charge in [-0.05, 0) is 31.9 Å². The molecule has 1 unspecified atom stereocenters. The van der Waals surface area contributed by atoms with Crippen molar-refractivity contribution in [2.24, 2.45) is 0 Å². The molecular formula is C15H20N4O2. The van der Waals surface area contributed by atoms with Gasteiger partial charge in [0.25, 0.3) is 0 Å². The fourth-order valence-electron chi connectivity index (χ4n) is 3.28. The first-order chi connectivity index (χ1) is 10.1. The number of amides is 2. The zero-order valence-electron chi connectivity index (χ0n) is 12.2. The Morgan fingerprint density at radius 3 is 2.76 bits per heavy atom. The summed E-state index contributed by atoms with van der Waals surface area (Å²) in [5.41, 5.74) is 0.0164. The van der Waals surface area contributed by atoms with Crippen LogP contribution in [0, 0.1) is 0 Å². The first-order valence-corrected chi connectivity index (χ1v) is 7.52. The van der Waals surface area contributed by atoms with Crippen molar-refractivity contribution in [2.45, 2.75) is 57.2 Å². The molecule has 1 aliphatic heterocycles. The van der Waals surface area contributed by atoms with Gasteiger partial charge < -0.3 is 10.2 Å². The van der Waals surface area contributed by atoms with E-state index in [4.69, 9.17) is 0 Å². The molecule has 2 aliphatic rings. The first kappa shape index (κ1) is 14.0. The Bertz CT molecular complexity index is 540. The van der Waals surface area contributed by atoms with Crippen LogP contribution in [-0.2, 0) is 16.1 Å². The Hall–Kier alpha value is -1.98. The molecule has 0 aromatic carbocycles. The Balaban J connectivity index is 1.86. The molecule has 1 saturated carbocycles. The summed E-state index contributed by atoms with van der Waals surface area (Å²) in [6, 6.07) is 3.15. The normalized spacial score (nSPS) is 25.0. The molecule has 0 bridgehead atoms. The van der Waals surface area contributed by atoms with E-state index in [1.54, 1.807) is 24.1 Å². The van der Waals surface area contributed by atoms with Crippen molar-refractivity contribution in [3.8, 4) is 0 Å². The molecule has 2 fully saturated rings. The van der Waals surface area contributed by atoms with Crippen LogP contribution >= 0.6 is 0 Å². The molecule has 1 aromatic heterocycles. The van der Waals surface area contributed by atoms with Crippen LogP contribution in [-0.4, -0.2) is 38.5 Å². The van der Waals surface area contributed by atoms with Gasteiger partial charge in [0.1, 0.15) is 11.6 Å². The van der Waals surface area contributed by atoms with Crippen molar-refractivity contribution in [1.29, 1.82) is 0 Å². The molecule has 1 atom stereocenters. The highest BCUT2D eigenvalue weighted by Crippen LogP contribution is 2.33. The number of nitrogens with zero attached hydrogens (tertiary/aromatic N) is 3. The first-order valence-electron chi connectivity index (χ1n) is 7.52. The van der Waals surface area contributed by atoms with Crippen LogP contribution in [0.1, 0.15) is 44.7 Å². The second-order valence-electron chi connectivity index (χ2n) is 5.96. The summed E-state index contributed by atoms with van der Waals surface area (Å²) in [6.45, 7) is 2.10. The third-order valence-corrected chi connectivity index (χ3v) is 4.55. The molecule has 112 valence electrons. The van der Waals surface area contributed by atoms with Crippen LogP contribution in [0.3, 0.4) is 0 Å². The minimum Gasteiger partial charge on any atom is -0.340 e. The summed E-state index contributed by atoms with van der Waals surface area (Å²) < 4.78 is 0. The Labute approximate surface area is 123 Å². The van der Waals surface area contributed by atoms with Gasteiger partial charge in [0.15, 0.2) is 0 Å². The van der Waals surface area contributed by atoms with E-state index in [2.05, 4.69) is 15.5 Å². The van der Waals surface area contributed by atoms with Crippen molar-refractivity contribution in [2.75, 3.05) is 0 Å². The predicted octanol–water partition coefficient (Wildman–Crippen LogP) is 1.03. The highest BCUT2D eigenvalue weighted by Gasteiger charge is 2.49. The van der Waals surface area contributed by atoms with Gasteiger partial charge in [-0.2, -0.15) is 10.2 Å². The third kappa shape index (κ3) is 2.50. The number of piperazine rings is 1. The van der Waals surface area contributed by atoms with Crippen LogP contribution in [0.15, 0.2) is 18.3 Å². The number of nitrogens with one attached hydrogen (secondary N) is 1. The van der Waals surface area contributed by atoms with Crippen molar-refractivity contribution < 1.29 is 9.59 Å². The van der Waals surface area contributed by atoms with E-state index in [9.17, 15) is 9.59 Å². The minimum atomic E-state index is -0.690. The molecule has 1 aliphatic carbocycles. The fourth-order valence-corrected chi connectivity index (χ4v) is 3.28. The minimum absolute atomic E-state index is 0.0277. The molecule has 0 radical (unpaired) electrons. The third-order valence-electron chi connectivity index (χ3n) is 4.55. The van der Waals surface area contributed by atoms with Gasteiger partial charge in [0.2, 0.25) is 11.8 Å². The van der Waals surface area contributed by atoms with E-state index in [1.807, 2.05) is 6.07 Å². The fraction of sp³-hybridized carbons (Fsp3) is 0.600. The maximum Gasteiger partial charge on any atom is 0.249 e. The summed E-state index contributed by atoms with van der Waals surface area (Å²) in [4.78, 5) is 26.8. The Morgan fingerprint density at radius 2 is 2.10 bits per heavy atom. The highest BCUT2D eigenvalue weighted by atomic mass is 16.2. The number of hydrogen-bond acceptors (Lipinski definition) is 4. The maximum absolute atomic E-state index is 12.9. The van der Waals surface area contributed by atoms with Crippen LogP contribution < -0.4 is 5.32 Å². The van der Waals surface area contributed by atoms with Crippen molar-refractivity contribution in [1.82, 2.24) is 20.4 Å². The lowest BCUT2D eigenvalue weighted by Crippen LogP contribution is -2.69. The maximum atomic E-state index is 12.9. The predicted molar refractivity (Wildman–Crippen MR) is 76.0 cm³/mol. The summed E-state index contributed by atoms with van der Waals surface area (Å²) in [5, 5.41) is 10.8. The lowest BCUT2D eigenvalue weighted by Gasteiger charge is -2.46. The van der Waals surface area contributed by atoms with E-state index in [-0.39, 0.29) is 11.8 Å². The average Bonchev–Trinajstić information content (AvgIpc) is 2.52. The molecule has 6 nitrogen and oxygen atoms in total. The molecule has 1 spiro atoms. The summed E-state index contributed by atoms with van der Waals surface area (Å²) >= 11 is 0. The number of rotatable bonds is 2. The van der Waals surface area contributed by atoms with Gasteiger partial charge in [-0.25, -0.2) is 0 Å². The van der Waals surface area contributed by atoms with Gasteiger partial charge in [-0.1, -0.05) is 19.3 Å². The number of carbonyl (C=O) groups is 2. The molecule has 2 amide bonds. The SMILES string of the molecule is CC1C(=O)NC2(CCCCC2)C(=O)N1Cc1cccnn1. The van der Waals surface area contributed by atoms with Gasteiger partial charge in [-0.15, -0.1) is 0 Å². The van der Waals surface area contributed by atoms with E-state index in [0.717, 1.165) is 32.1 Å². The van der Waals surface area contributed by atoms with Gasteiger partial charge >= 0.3 is 0 Å². The molecule has 2 heterocycles.